The summed E-state index contributed by atoms with van der Waals surface area (Å²) in [5, 5.41) is 6.03. The first-order chi connectivity index (χ1) is 9.19. The first-order valence-electron chi connectivity index (χ1n) is 6.87. The molecule has 0 radical (unpaired) electrons. The van der Waals surface area contributed by atoms with Crippen molar-refractivity contribution in [3.63, 3.8) is 0 Å². The largest absolute Gasteiger partial charge is 0.354 e. The van der Waals surface area contributed by atoms with E-state index < -0.39 is 0 Å². The van der Waals surface area contributed by atoms with Gasteiger partial charge < -0.3 is 10.6 Å². The molecule has 0 spiro atoms. The Morgan fingerprint density at radius 3 is 2.85 bits per heavy atom. The Morgan fingerprint density at radius 2 is 2.10 bits per heavy atom. The van der Waals surface area contributed by atoms with Crippen molar-refractivity contribution in [3.05, 3.63) is 29.3 Å². The Bertz CT molecular complexity index is 453. The lowest BCUT2D eigenvalue weighted by Gasteiger charge is -2.11. The third kappa shape index (κ3) is 5.00. The Hall–Kier alpha value is -0.710. The van der Waals surface area contributed by atoms with Crippen LogP contribution in [0, 0.1) is 0 Å². The number of aryl methyl sites for hydroxylation is 2. The maximum atomic E-state index is 11.7. The highest BCUT2D eigenvalue weighted by atomic mass is 35.5. The van der Waals surface area contributed by atoms with Gasteiger partial charge in [-0.1, -0.05) is 6.07 Å². The summed E-state index contributed by atoms with van der Waals surface area (Å²) < 4.78 is 0. The molecular weight excluding hydrogens is 292 g/mol. The normalized spacial score (nSPS) is 14.3. The minimum absolute atomic E-state index is 0. The van der Waals surface area contributed by atoms with Crippen LogP contribution in [-0.2, 0) is 17.6 Å². The number of likely N-dealkylation sites (N-methyl/N-ethyl adjacent to an activating group) is 1. The van der Waals surface area contributed by atoms with Crippen molar-refractivity contribution in [1.82, 2.24) is 10.6 Å². The van der Waals surface area contributed by atoms with Crippen molar-refractivity contribution in [1.29, 1.82) is 0 Å². The fourth-order valence-corrected chi connectivity index (χ4v) is 3.00. The first kappa shape index (κ1) is 17.3. The number of hydrogen-bond donors (Lipinski definition) is 2. The highest BCUT2D eigenvalue weighted by molar-refractivity contribution is 8.00. The maximum absolute atomic E-state index is 11.7. The molecule has 20 heavy (non-hydrogen) atoms. The fourth-order valence-electron chi connectivity index (χ4n) is 2.21. The second-order valence-electron chi connectivity index (χ2n) is 5.07. The standard InChI is InChI=1S/C15H22N2OS.ClH/c1-11(16-2)9-17-15(18)10-19-14-7-6-12-4-3-5-13(12)8-14;/h6-8,11,16H,3-5,9-10H2,1-2H3,(H,17,18);1H. The van der Waals surface area contributed by atoms with Crippen LogP contribution in [0.3, 0.4) is 0 Å². The van der Waals surface area contributed by atoms with Gasteiger partial charge in [0.1, 0.15) is 0 Å². The fraction of sp³-hybridized carbons (Fsp3) is 0.533. The zero-order chi connectivity index (χ0) is 13.7. The topological polar surface area (TPSA) is 41.1 Å². The van der Waals surface area contributed by atoms with Crippen molar-refractivity contribution in [2.24, 2.45) is 0 Å². The summed E-state index contributed by atoms with van der Waals surface area (Å²) in [5.74, 6) is 0.600. The first-order valence-corrected chi connectivity index (χ1v) is 7.86. The highest BCUT2D eigenvalue weighted by Crippen LogP contribution is 2.27. The smallest absolute Gasteiger partial charge is 0.230 e. The van der Waals surface area contributed by atoms with E-state index in [1.807, 2.05) is 14.0 Å². The van der Waals surface area contributed by atoms with E-state index in [1.165, 1.54) is 35.3 Å². The molecule has 2 rings (SSSR count). The van der Waals surface area contributed by atoms with Crippen LogP contribution in [0.25, 0.3) is 0 Å². The van der Waals surface area contributed by atoms with Crippen molar-refractivity contribution in [3.8, 4) is 0 Å². The molecule has 1 amide bonds. The molecule has 3 nitrogen and oxygen atoms in total. The van der Waals surface area contributed by atoms with Crippen molar-refractivity contribution in [2.45, 2.75) is 37.1 Å². The Balaban J connectivity index is 0.00000200. The van der Waals surface area contributed by atoms with Gasteiger partial charge in [0.05, 0.1) is 5.75 Å². The van der Waals surface area contributed by atoms with Crippen molar-refractivity contribution < 1.29 is 4.79 Å². The molecule has 0 aromatic heterocycles. The summed E-state index contributed by atoms with van der Waals surface area (Å²) in [5.41, 5.74) is 2.95. The van der Waals surface area contributed by atoms with Gasteiger partial charge in [0, 0.05) is 17.5 Å². The summed E-state index contributed by atoms with van der Waals surface area (Å²) in [6.07, 6.45) is 3.67. The summed E-state index contributed by atoms with van der Waals surface area (Å²) in [6, 6.07) is 6.91. The van der Waals surface area contributed by atoms with Gasteiger partial charge in [-0.3, -0.25) is 4.79 Å². The van der Waals surface area contributed by atoms with Crippen molar-refractivity contribution in [2.75, 3.05) is 19.3 Å². The van der Waals surface area contributed by atoms with Crippen LogP contribution in [-0.4, -0.2) is 31.3 Å². The van der Waals surface area contributed by atoms with Gasteiger partial charge >= 0.3 is 0 Å². The number of rotatable bonds is 6. The monoisotopic (exact) mass is 314 g/mol. The molecular formula is C15H23ClN2OS. The van der Waals surface area contributed by atoms with E-state index in [1.54, 1.807) is 11.8 Å². The zero-order valence-electron chi connectivity index (χ0n) is 12.1. The summed E-state index contributed by atoms with van der Waals surface area (Å²) in [7, 11) is 1.90. The molecule has 5 heteroatoms. The average Bonchev–Trinajstić information content (AvgIpc) is 2.89. The minimum Gasteiger partial charge on any atom is -0.354 e. The number of halogens is 1. The molecule has 0 heterocycles. The molecule has 0 aliphatic heterocycles. The van der Waals surface area contributed by atoms with E-state index in [4.69, 9.17) is 0 Å². The van der Waals surface area contributed by atoms with Crippen LogP contribution < -0.4 is 10.6 Å². The van der Waals surface area contributed by atoms with E-state index >= 15 is 0 Å². The maximum Gasteiger partial charge on any atom is 0.230 e. The summed E-state index contributed by atoms with van der Waals surface area (Å²) in [6.45, 7) is 2.73. The lowest BCUT2D eigenvalue weighted by molar-refractivity contribution is -0.118. The number of thioether (sulfide) groups is 1. The van der Waals surface area contributed by atoms with Gasteiger partial charge in [0.15, 0.2) is 0 Å². The summed E-state index contributed by atoms with van der Waals surface area (Å²) in [4.78, 5) is 12.9. The van der Waals surface area contributed by atoms with Gasteiger partial charge in [-0.2, -0.15) is 0 Å². The third-order valence-corrected chi connectivity index (χ3v) is 4.53. The molecule has 1 aromatic rings. The Morgan fingerprint density at radius 1 is 1.35 bits per heavy atom. The molecule has 2 N–H and O–H groups in total. The number of hydrogen-bond acceptors (Lipinski definition) is 3. The Kier molecular flexibility index (Phi) is 7.41. The lowest BCUT2D eigenvalue weighted by atomic mass is 10.1. The molecule has 0 saturated heterocycles. The molecule has 1 aliphatic carbocycles. The van der Waals surface area contributed by atoms with Crippen LogP contribution >= 0.6 is 24.2 Å². The number of fused-ring (bicyclic) bond motifs is 1. The lowest BCUT2D eigenvalue weighted by Crippen LogP contribution is -2.37. The number of nitrogens with one attached hydrogen (secondary N) is 2. The van der Waals surface area contributed by atoms with Gasteiger partial charge in [0.25, 0.3) is 0 Å². The Labute approximate surface area is 131 Å². The number of carbonyl (C=O) groups is 1. The van der Waals surface area contributed by atoms with Crippen LogP contribution in [0.15, 0.2) is 23.1 Å². The quantitative estimate of drug-likeness (QED) is 0.792. The van der Waals surface area contributed by atoms with Crippen LogP contribution in [0.1, 0.15) is 24.5 Å². The number of amides is 1. The molecule has 1 aromatic carbocycles. The highest BCUT2D eigenvalue weighted by Gasteiger charge is 2.11. The predicted molar refractivity (Wildman–Crippen MR) is 88.0 cm³/mol. The van der Waals surface area contributed by atoms with E-state index in [9.17, 15) is 4.79 Å². The van der Waals surface area contributed by atoms with Gasteiger partial charge in [-0.15, -0.1) is 24.2 Å². The molecule has 0 bridgehead atoms. The molecule has 0 fully saturated rings. The number of carbonyl (C=O) groups excluding carboxylic acids is 1. The molecule has 1 unspecified atom stereocenters. The minimum atomic E-state index is 0. The van der Waals surface area contributed by atoms with Crippen LogP contribution in [0.2, 0.25) is 0 Å². The summed E-state index contributed by atoms with van der Waals surface area (Å²) >= 11 is 1.62. The molecule has 1 atom stereocenters. The van der Waals surface area contributed by atoms with Crippen LogP contribution in [0.4, 0.5) is 0 Å². The molecule has 1 aliphatic rings. The molecule has 112 valence electrons. The second kappa shape index (κ2) is 8.55. The van der Waals surface area contributed by atoms with Gasteiger partial charge in [-0.05, 0) is 56.5 Å². The SMILES string of the molecule is CNC(C)CNC(=O)CSc1ccc2c(c1)CCC2.Cl. The van der Waals surface area contributed by atoms with E-state index in [-0.39, 0.29) is 18.3 Å². The van der Waals surface area contributed by atoms with Gasteiger partial charge in [0.2, 0.25) is 5.91 Å². The van der Waals surface area contributed by atoms with E-state index in [0.29, 0.717) is 18.3 Å². The van der Waals surface area contributed by atoms with Crippen LogP contribution in [0.5, 0.6) is 0 Å². The predicted octanol–water partition coefficient (Wildman–Crippen LogP) is 2.41. The average molecular weight is 315 g/mol. The van der Waals surface area contributed by atoms with Crippen molar-refractivity contribution >= 4 is 30.1 Å². The third-order valence-electron chi connectivity index (χ3n) is 3.54. The second-order valence-corrected chi connectivity index (χ2v) is 6.12. The molecule has 0 saturated carbocycles. The van der Waals surface area contributed by atoms with E-state index in [2.05, 4.69) is 28.8 Å². The van der Waals surface area contributed by atoms with E-state index in [0.717, 1.165) is 0 Å². The number of benzene rings is 1. The van der Waals surface area contributed by atoms with Gasteiger partial charge in [-0.25, -0.2) is 0 Å². The zero-order valence-corrected chi connectivity index (χ0v) is 13.7.